The minimum atomic E-state index is -0.703. The van der Waals surface area contributed by atoms with E-state index >= 15 is 0 Å². The predicted octanol–water partition coefficient (Wildman–Crippen LogP) is 3.74. The van der Waals surface area contributed by atoms with E-state index in [4.69, 9.17) is 9.47 Å². The van der Waals surface area contributed by atoms with E-state index < -0.39 is 35.5 Å². The van der Waals surface area contributed by atoms with Crippen LogP contribution in [0.1, 0.15) is 46.1 Å². The summed E-state index contributed by atoms with van der Waals surface area (Å²) < 4.78 is 37.6. The Morgan fingerprint density at radius 1 is 1.31 bits per heavy atom. The molecule has 26 heavy (non-hydrogen) atoms. The summed E-state index contributed by atoms with van der Waals surface area (Å²) >= 11 is 0. The summed E-state index contributed by atoms with van der Waals surface area (Å²) in [5.41, 5.74) is -0.336. The summed E-state index contributed by atoms with van der Waals surface area (Å²) in [5.74, 6) is -1.97. The second-order valence-corrected chi connectivity index (χ2v) is 7.55. The first-order chi connectivity index (χ1) is 12.1. The molecule has 1 saturated heterocycles. The van der Waals surface area contributed by atoms with Crippen LogP contribution in [0.25, 0.3) is 0 Å². The molecule has 0 radical (unpaired) electrons. The van der Waals surface area contributed by atoms with Crippen LogP contribution in [0.2, 0.25) is 0 Å². The summed E-state index contributed by atoms with van der Waals surface area (Å²) in [6.07, 6.45) is -0.0689. The molecular weight excluding hydrogens is 344 g/mol. The topological polar surface area (TPSA) is 64.6 Å². The lowest BCUT2D eigenvalue weighted by Gasteiger charge is -2.26. The van der Waals surface area contributed by atoms with E-state index in [-0.39, 0.29) is 18.3 Å². The van der Waals surface area contributed by atoms with E-state index in [1.165, 1.54) is 12.1 Å². The van der Waals surface area contributed by atoms with Gasteiger partial charge in [-0.1, -0.05) is 6.92 Å². The van der Waals surface area contributed by atoms with Crippen LogP contribution in [0.15, 0.2) is 18.2 Å². The van der Waals surface area contributed by atoms with Gasteiger partial charge in [-0.3, -0.25) is 4.79 Å². The molecule has 0 aliphatic carbocycles. The van der Waals surface area contributed by atoms with Crippen molar-refractivity contribution in [1.82, 2.24) is 5.32 Å². The lowest BCUT2D eigenvalue weighted by atomic mass is 9.94. The molecule has 144 valence electrons. The smallest absolute Gasteiger partial charge is 0.408 e. The maximum Gasteiger partial charge on any atom is 0.408 e. The highest BCUT2D eigenvalue weighted by Gasteiger charge is 2.39. The highest BCUT2D eigenvalue weighted by Crippen LogP contribution is 2.27. The summed E-state index contributed by atoms with van der Waals surface area (Å²) in [5, 5.41) is 2.68. The van der Waals surface area contributed by atoms with Crippen LogP contribution in [0.3, 0.4) is 0 Å². The molecule has 1 heterocycles. The fraction of sp³-hybridized carbons (Fsp3) is 0.579. The number of nitrogens with one attached hydrogen (secondary N) is 1. The Bertz CT molecular complexity index is 652. The number of hydrogen-bond acceptors (Lipinski definition) is 4. The van der Waals surface area contributed by atoms with E-state index in [1.807, 2.05) is 6.92 Å². The van der Waals surface area contributed by atoms with E-state index in [2.05, 4.69) is 5.32 Å². The normalized spacial score (nSPS) is 21.2. The zero-order valence-corrected chi connectivity index (χ0v) is 15.5. The van der Waals surface area contributed by atoms with Gasteiger partial charge in [0.15, 0.2) is 0 Å². The number of ether oxygens (including phenoxy) is 2. The maximum absolute atomic E-state index is 13.5. The van der Waals surface area contributed by atoms with Gasteiger partial charge in [-0.25, -0.2) is 13.6 Å². The van der Waals surface area contributed by atoms with Gasteiger partial charge in [0.05, 0.1) is 12.0 Å². The molecule has 0 saturated carbocycles. The number of esters is 1. The molecule has 7 heteroatoms. The number of hydrogen-bond donors (Lipinski definition) is 1. The molecule has 2 rings (SSSR count). The van der Waals surface area contributed by atoms with Crippen LogP contribution in [-0.2, 0) is 20.7 Å². The fourth-order valence-corrected chi connectivity index (χ4v) is 2.97. The molecule has 1 aliphatic heterocycles. The maximum atomic E-state index is 13.5. The van der Waals surface area contributed by atoms with Crippen molar-refractivity contribution in [1.29, 1.82) is 0 Å². The number of rotatable bonds is 5. The van der Waals surface area contributed by atoms with Crippen molar-refractivity contribution < 1.29 is 27.8 Å². The number of halogens is 2. The first kappa shape index (κ1) is 20.1. The van der Waals surface area contributed by atoms with E-state index in [0.29, 0.717) is 18.4 Å². The lowest BCUT2D eigenvalue weighted by molar-refractivity contribution is -0.145. The fourth-order valence-electron chi connectivity index (χ4n) is 2.97. The zero-order valence-electron chi connectivity index (χ0n) is 15.5. The number of cyclic esters (lactones) is 1. The van der Waals surface area contributed by atoms with Crippen molar-refractivity contribution in [3.63, 3.8) is 0 Å². The Morgan fingerprint density at radius 3 is 2.42 bits per heavy atom. The number of carbonyl (C=O) groups is 2. The standard InChI is InChI=1S/C19H25F2NO4/c1-5-12-9-16(25-17(12)23)15(22-18(24)26-19(2,3)4)8-11-6-13(20)10-14(21)7-11/h6-7,10,12,15-16H,5,8-9H2,1-4H3,(H,22,24)/t12?,15-,16?/m0/s1. The Kier molecular flexibility index (Phi) is 6.21. The van der Waals surface area contributed by atoms with E-state index in [0.717, 1.165) is 6.07 Å². The Morgan fingerprint density at radius 2 is 1.92 bits per heavy atom. The Balaban J connectivity index is 2.18. The summed E-state index contributed by atoms with van der Waals surface area (Å²) in [4.78, 5) is 24.1. The number of amides is 1. The van der Waals surface area contributed by atoms with Gasteiger partial charge in [-0.2, -0.15) is 0 Å². The third kappa shape index (κ3) is 5.68. The molecule has 1 N–H and O–H groups in total. The lowest BCUT2D eigenvalue weighted by Crippen LogP contribution is -2.46. The van der Waals surface area contributed by atoms with Gasteiger partial charge >= 0.3 is 12.1 Å². The number of alkyl carbamates (subject to hydrolysis) is 1. The van der Waals surface area contributed by atoms with E-state index in [9.17, 15) is 18.4 Å². The van der Waals surface area contributed by atoms with Crippen LogP contribution in [0.4, 0.5) is 13.6 Å². The molecule has 0 spiro atoms. The average molecular weight is 369 g/mol. The van der Waals surface area contributed by atoms with Crippen molar-refractivity contribution in [2.45, 2.75) is 64.7 Å². The third-order valence-corrected chi connectivity index (χ3v) is 4.14. The molecule has 1 aromatic carbocycles. The monoisotopic (exact) mass is 369 g/mol. The molecule has 2 unspecified atom stereocenters. The first-order valence-electron chi connectivity index (χ1n) is 8.72. The molecule has 1 aromatic rings. The summed E-state index contributed by atoms with van der Waals surface area (Å²) in [6, 6.07) is 2.52. The van der Waals surface area contributed by atoms with Crippen LogP contribution < -0.4 is 5.32 Å². The predicted molar refractivity (Wildman–Crippen MR) is 91.5 cm³/mol. The van der Waals surface area contributed by atoms with Gasteiger partial charge in [-0.15, -0.1) is 0 Å². The van der Waals surface area contributed by atoms with Gasteiger partial charge < -0.3 is 14.8 Å². The molecule has 1 amide bonds. The van der Waals surface area contributed by atoms with Crippen molar-refractivity contribution in [3.8, 4) is 0 Å². The first-order valence-corrected chi connectivity index (χ1v) is 8.72. The van der Waals surface area contributed by atoms with Crippen molar-refractivity contribution >= 4 is 12.1 Å². The highest BCUT2D eigenvalue weighted by molar-refractivity contribution is 5.75. The second kappa shape index (κ2) is 8.01. The number of carbonyl (C=O) groups excluding carboxylic acids is 2. The molecule has 0 aromatic heterocycles. The minimum Gasteiger partial charge on any atom is -0.460 e. The third-order valence-electron chi connectivity index (χ3n) is 4.14. The molecular formula is C19H25F2NO4. The van der Waals surface area contributed by atoms with Gasteiger partial charge in [0.2, 0.25) is 0 Å². The zero-order chi connectivity index (χ0) is 19.5. The summed E-state index contributed by atoms with van der Waals surface area (Å²) in [6.45, 7) is 7.07. The Labute approximate surface area is 152 Å². The van der Waals surface area contributed by atoms with Gasteiger partial charge in [0.1, 0.15) is 23.3 Å². The quantitative estimate of drug-likeness (QED) is 0.803. The van der Waals surface area contributed by atoms with Crippen LogP contribution in [0.5, 0.6) is 0 Å². The van der Waals surface area contributed by atoms with Crippen LogP contribution >= 0.6 is 0 Å². The van der Waals surface area contributed by atoms with Gasteiger partial charge in [0.25, 0.3) is 0 Å². The molecule has 1 aliphatic rings. The highest BCUT2D eigenvalue weighted by atomic mass is 19.1. The SMILES string of the molecule is CCC1CC([C@H](Cc2cc(F)cc(F)c2)NC(=O)OC(C)(C)C)OC1=O. The van der Waals surface area contributed by atoms with Crippen molar-refractivity contribution in [2.24, 2.45) is 5.92 Å². The summed E-state index contributed by atoms with van der Waals surface area (Å²) in [7, 11) is 0. The number of benzene rings is 1. The molecule has 0 bridgehead atoms. The Hall–Kier alpha value is -2.18. The van der Waals surface area contributed by atoms with E-state index in [1.54, 1.807) is 20.8 Å². The van der Waals surface area contributed by atoms with Gasteiger partial charge in [-0.05, 0) is 57.7 Å². The van der Waals surface area contributed by atoms with Gasteiger partial charge in [0, 0.05) is 6.07 Å². The van der Waals surface area contributed by atoms with Crippen molar-refractivity contribution in [2.75, 3.05) is 0 Å². The minimum absolute atomic E-state index is 0.113. The van der Waals surface area contributed by atoms with Crippen molar-refractivity contribution in [3.05, 3.63) is 35.4 Å². The second-order valence-electron chi connectivity index (χ2n) is 7.55. The molecule has 5 nitrogen and oxygen atoms in total. The molecule has 1 fully saturated rings. The average Bonchev–Trinajstić information content (AvgIpc) is 2.84. The molecule has 3 atom stereocenters. The van der Waals surface area contributed by atoms with Crippen LogP contribution in [-0.4, -0.2) is 29.8 Å². The largest absolute Gasteiger partial charge is 0.460 e. The van der Waals surface area contributed by atoms with Crippen LogP contribution in [0, 0.1) is 17.6 Å².